The average Bonchev–Trinajstić information content (AvgIpc) is 3.39. The minimum absolute atomic E-state index is 0.225. The number of benzene rings is 1. The number of nitrogens with one attached hydrogen (secondary N) is 3. The first-order valence-electron chi connectivity index (χ1n) is 10.9. The van der Waals surface area contributed by atoms with Crippen LogP contribution in [0.1, 0.15) is 45.6 Å². The number of carbonyl (C=O) groups is 2. The molecular formula is C24H32F2N4O2. The lowest BCUT2D eigenvalue weighted by atomic mass is 10.1. The number of hydrogen-bond donors (Lipinski definition) is 3. The SMILES string of the molecule is CC(=O)N1CCCC1.CCCc1c[nH]c2ccc(NC(=O)N/C(C)=C/C(F)=C\CF)cc12. The summed E-state index contributed by atoms with van der Waals surface area (Å²) < 4.78 is 25.1. The largest absolute Gasteiger partial charge is 0.361 e. The Labute approximate surface area is 187 Å². The first-order chi connectivity index (χ1) is 15.3. The minimum atomic E-state index is -0.890. The molecule has 32 heavy (non-hydrogen) atoms. The van der Waals surface area contributed by atoms with E-state index < -0.39 is 18.5 Å². The molecule has 3 amide bonds. The Hall–Kier alpha value is -3.16. The van der Waals surface area contributed by atoms with Gasteiger partial charge in [0.15, 0.2) is 0 Å². The van der Waals surface area contributed by atoms with Crippen LogP contribution in [0, 0.1) is 0 Å². The van der Waals surface area contributed by atoms with Crippen LogP contribution in [0.3, 0.4) is 0 Å². The number of urea groups is 1. The van der Waals surface area contributed by atoms with Crippen LogP contribution in [0.4, 0.5) is 19.3 Å². The number of aromatic nitrogens is 1. The van der Waals surface area contributed by atoms with E-state index in [0.717, 1.165) is 49.0 Å². The highest BCUT2D eigenvalue weighted by Gasteiger charge is 2.12. The standard InChI is InChI=1S/C18H21F2N3O.C6H11NO/c1-3-4-13-11-21-17-6-5-15(10-16(13)17)23-18(24)22-12(2)9-14(20)7-8-19;1-6(8)7-4-2-3-5-7/h5-7,9-11,21H,3-4,8H2,1-2H3,(H2,22,23,24);2-5H2,1H3/b12-9+,14-7+;. The number of allylic oxidation sites excluding steroid dienone is 4. The number of aromatic amines is 1. The van der Waals surface area contributed by atoms with Crippen LogP contribution in [0.15, 0.2) is 48.1 Å². The Kier molecular flexibility index (Phi) is 9.91. The maximum absolute atomic E-state index is 13.2. The topological polar surface area (TPSA) is 77.2 Å². The van der Waals surface area contributed by atoms with E-state index in [1.807, 2.05) is 23.2 Å². The Morgan fingerprint density at radius 1 is 1.22 bits per heavy atom. The number of H-pyrrole nitrogens is 1. The minimum Gasteiger partial charge on any atom is -0.361 e. The molecule has 3 rings (SSSR count). The monoisotopic (exact) mass is 446 g/mol. The van der Waals surface area contributed by atoms with Crippen molar-refractivity contribution in [1.29, 1.82) is 0 Å². The van der Waals surface area contributed by atoms with Gasteiger partial charge in [-0.2, -0.15) is 0 Å². The van der Waals surface area contributed by atoms with E-state index in [0.29, 0.717) is 5.69 Å². The fourth-order valence-corrected chi connectivity index (χ4v) is 3.48. The first kappa shape index (κ1) is 25.1. The molecule has 2 heterocycles. The number of rotatable bonds is 6. The van der Waals surface area contributed by atoms with Gasteiger partial charge in [0.1, 0.15) is 12.5 Å². The van der Waals surface area contributed by atoms with E-state index in [1.165, 1.54) is 25.3 Å². The van der Waals surface area contributed by atoms with Crippen molar-refractivity contribution in [1.82, 2.24) is 15.2 Å². The quantitative estimate of drug-likeness (QED) is 0.505. The molecule has 1 saturated heterocycles. The molecular weight excluding hydrogens is 414 g/mol. The highest BCUT2D eigenvalue weighted by molar-refractivity contribution is 5.94. The smallest absolute Gasteiger partial charge is 0.323 e. The second kappa shape index (κ2) is 12.6. The molecule has 1 aliphatic heterocycles. The molecule has 1 aromatic heterocycles. The van der Waals surface area contributed by atoms with Gasteiger partial charge >= 0.3 is 6.03 Å². The van der Waals surface area contributed by atoms with Crippen molar-refractivity contribution >= 4 is 28.5 Å². The maximum Gasteiger partial charge on any atom is 0.323 e. The van der Waals surface area contributed by atoms with Crippen LogP contribution in [0.5, 0.6) is 0 Å². The fourth-order valence-electron chi connectivity index (χ4n) is 3.48. The van der Waals surface area contributed by atoms with Gasteiger partial charge in [-0.05, 0) is 62.1 Å². The summed E-state index contributed by atoms with van der Waals surface area (Å²) in [5, 5.41) is 6.28. The average molecular weight is 447 g/mol. The second-order valence-electron chi connectivity index (χ2n) is 7.69. The zero-order chi connectivity index (χ0) is 23.5. The van der Waals surface area contributed by atoms with Crippen molar-refractivity contribution in [3.8, 4) is 0 Å². The number of halogens is 2. The predicted molar refractivity (Wildman–Crippen MR) is 125 cm³/mol. The predicted octanol–water partition coefficient (Wildman–Crippen LogP) is 5.60. The number of fused-ring (bicyclic) bond motifs is 1. The van der Waals surface area contributed by atoms with E-state index in [-0.39, 0.29) is 11.6 Å². The van der Waals surface area contributed by atoms with Crippen molar-refractivity contribution in [3.63, 3.8) is 0 Å². The van der Waals surface area contributed by atoms with Crippen LogP contribution in [-0.2, 0) is 11.2 Å². The molecule has 0 bridgehead atoms. The Morgan fingerprint density at radius 2 is 1.94 bits per heavy atom. The van der Waals surface area contributed by atoms with Gasteiger partial charge in [0.2, 0.25) is 5.91 Å². The van der Waals surface area contributed by atoms with E-state index in [4.69, 9.17) is 0 Å². The molecule has 3 N–H and O–H groups in total. The van der Waals surface area contributed by atoms with Crippen LogP contribution >= 0.6 is 0 Å². The molecule has 0 radical (unpaired) electrons. The third-order valence-electron chi connectivity index (χ3n) is 5.03. The second-order valence-corrected chi connectivity index (χ2v) is 7.69. The zero-order valence-electron chi connectivity index (χ0n) is 18.9. The molecule has 0 aliphatic carbocycles. The van der Waals surface area contributed by atoms with Crippen LogP contribution in [0.25, 0.3) is 10.9 Å². The van der Waals surface area contributed by atoms with Crippen molar-refractivity contribution in [3.05, 3.63) is 53.6 Å². The van der Waals surface area contributed by atoms with Gasteiger partial charge in [0.05, 0.1) is 0 Å². The third-order valence-corrected chi connectivity index (χ3v) is 5.03. The van der Waals surface area contributed by atoms with Gasteiger partial charge < -0.3 is 20.5 Å². The van der Waals surface area contributed by atoms with Crippen molar-refractivity contribution in [2.45, 2.75) is 46.5 Å². The zero-order valence-corrected chi connectivity index (χ0v) is 18.9. The lowest BCUT2D eigenvalue weighted by Crippen LogP contribution is -2.27. The summed E-state index contributed by atoms with van der Waals surface area (Å²) in [7, 11) is 0. The van der Waals surface area contributed by atoms with Crippen LogP contribution in [0.2, 0.25) is 0 Å². The Balaban J connectivity index is 0.000000380. The van der Waals surface area contributed by atoms with Crippen LogP contribution in [-0.4, -0.2) is 41.6 Å². The summed E-state index contributed by atoms with van der Waals surface area (Å²) in [6.07, 6.45) is 8.21. The summed E-state index contributed by atoms with van der Waals surface area (Å²) >= 11 is 0. The Morgan fingerprint density at radius 3 is 2.53 bits per heavy atom. The van der Waals surface area contributed by atoms with Gasteiger partial charge in [0.25, 0.3) is 0 Å². The number of alkyl halides is 1. The van der Waals surface area contributed by atoms with Gasteiger partial charge in [-0.1, -0.05) is 13.3 Å². The maximum atomic E-state index is 13.2. The molecule has 0 saturated carbocycles. The first-order valence-corrected chi connectivity index (χ1v) is 10.9. The number of anilines is 1. The molecule has 174 valence electrons. The summed E-state index contributed by atoms with van der Waals surface area (Å²) in [4.78, 5) is 27.6. The van der Waals surface area contributed by atoms with Gasteiger partial charge in [0, 0.05) is 48.5 Å². The number of likely N-dealkylation sites (tertiary alicyclic amines) is 1. The van der Waals surface area contributed by atoms with Gasteiger partial charge in [-0.25, -0.2) is 13.6 Å². The number of carbonyl (C=O) groups excluding carboxylic acids is 2. The van der Waals surface area contributed by atoms with Crippen molar-refractivity contribution in [2.24, 2.45) is 0 Å². The number of aryl methyl sites for hydroxylation is 1. The highest BCUT2D eigenvalue weighted by Crippen LogP contribution is 2.23. The van der Waals surface area contributed by atoms with E-state index in [1.54, 1.807) is 13.0 Å². The summed E-state index contributed by atoms with van der Waals surface area (Å²) in [5.74, 6) is -0.504. The number of nitrogens with zero attached hydrogens (tertiary/aromatic N) is 1. The normalized spacial score (nSPS) is 14.2. The van der Waals surface area contributed by atoms with Crippen molar-refractivity contribution < 1.29 is 18.4 Å². The lowest BCUT2D eigenvalue weighted by molar-refractivity contribution is -0.127. The molecule has 0 spiro atoms. The van der Waals surface area contributed by atoms with Gasteiger partial charge in [-0.3, -0.25) is 4.79 Å². The molecule has 1 aromatic carbocycles. The van der Waals surface area contributed by atoms with E-state index in [2.05, 4.69) is 22.5 Å². The molecule has 6 nitrogen and oxygen atoms in total. The molecule has 1 fully saturated rings. The van der Waals surface area contributed by atoms with E-state index >= 15 is 0 Å². The molecule has 2 aromatic rings. The Bertz CT molecular complexity index is 976. The number of amides is 3. The lowest BCUT2D eigenvalue weighted by Gasteiger charge is -2.10. The molecule has 0 unspecified atom stereocenters. The molecule has 0 atom stereocenters. The third kappa shape index (κ3) is 7.83. The molecule has 8 heteroatoms. The van der Waals surface area contributed by atoms with E-state index in [9.17, 15) is 18.4 Å². The summed E-state index contributed by atoms with van der Waals surface area (Å²) in [6.45, 7) is 6.34. The molecule has 1 aliphatic rings. The number of hydrogen-bond acceptors (Lipinski definition) is 2. The van der Waals surface area contributed by atoms with Crippen LogP contribution < -0.4 is 10.6 Å². The summed E-state index contributed by atoms with van der Waals surface area (Å²) in [5.41, 5.74) is 3.14. The van der Waals surface area contributed by atoms with Crippen molar-refractivity contribution in [2.75, 3.05) is 25.1 Å². The highest BCUT2D eigenvalue weighted by atomic mass is 19.1. The summed E-state index contributed by atoms with van der Waals surface area (Å²) in [6, 6.07) is 5.11. The van der Waals surface area contributed by atoms with Gasteiger partial charge in [-0.15, -0.1) is 0 Å². The fraction of sp³-hybridized carbons (Fsp3) is 0.417.